The molecule has 12 heteroatoms. The molecule has 0 spiro atoms. The summed E-state index contributed by atoms with van der Waals surface area (Å²) in [5, 5.41) is 3.34. The van der Waals surface area contributed by atoms with Crippen molar-refractivity contribution in [2.24, 2.45) is 0 Å². The molecular weight excluding hydrogens is 706 g/mol. The number of ether oxygens (including phenoxy) is 2. The Bertz CT molecular complexity index is 1760. The number of amides is 2. The number of anilines is 1. The van der Waals surface area contributed by atoms with Gasteiger partial charge in [0.25, 0.3) is 10.0 Å². The van der Waals surface area contributed by atoms with Crippen LogP contribution in [0.25, 0.3) is 0 Å². The van der Waals surface area contributed by atoms with Gasteiger partial charge in [-0.25, -0.2) is 8.42 Å². The average Bonchev–Trinajstić information content (AvgIpc) is 3.08. The summed E-state index contributed by atoms with van der Waals surface area (Å²) >= 11 is 9.60. The molecule has 0 radical (unpaired) electrons. The van der Waals surface area contributed by atoms with Crippen LogP contribution in [-0.4, -0.2) is 58.5 Å². The van der Waals surface area contributed by atoms with Crippen LogP contribution in [0.3, 0.4) is 0 Å². The van der Waals surface area contributed by atoms with Gasteiger partial charge in [-0.05, 0) is 66.1 Å². The van der Waals surface area contributed by atoms with Crippen LogP contribution in [0.2, 0.25) is 5.02 Å². The molecule has 1 unspecified atom stereocenters. The summed E-state index contributed by atoms with van der Waals surface area (Å²) in [7, 11) is -1.49. The summed E-state index contributed by atoms with van der Waals surface area (Å²) in [5.74, 6) is -0.340. The van der Waals surface area contributed by atoms with E-state index in [1.807, 2.05) is 61.5 Å². The van der Waals surface area contributed by atoms with Gasteiger partial charge < -0.3 is 19.7 Å². The summed E-state index contributed by atoms with van der Waals surface area (Å²) in [5.41, 5.74) is 1.84. The van der Waals surface area contributed by atoms with E-state index in [1.165, 1.54) is 49.5 Å². The number of nitrogens with zero attached hydrogens (tertiary/aromatic N) is 2. The summed E-state index contributed by atoms with van der Waals surface area (Å²) in [6.45, 7) is 1.84. The van der Waals surface area contributed by atoms with Gasteiger partial charge in [-0.1, -0.05) is 76.9 Å². The first-order valence-electron chi connectivity index (χ1n) is 14.9. The Balaban J connectivity index is 1.81. The summed E-state index contributed by atoms with van der Waals surface area (Å²) < 4.78 is 41.2. The van der Waals surface area contributed by atoms with Crippen molar-refractivity contribution in [1.29, 1.82) is 0 Å². The van der Waals surface area contributed by atoms with Gasteiger partial charge in [-0.15, -0.1) is 0 Å². The maximum Gasteiger partial charge on any atom is 0.264 e. The molecule has 0 saturated heterocycles. The van der Waals surface area contributed by atoms with Crippen LogP contribution in [0.15, 0.2) is 106 Å². The molecule has 47 heavy (non-hydrogen) atoms. The minimum Gasteiger partial charge on any atom is -0.493 e. The summed E-state index contributed by atoms with van der Waals surface area (Å²) in [6, 6.07) is 26.3. The minimum absolute atomic E-state index is 0.0635. The van der Waals surface area contributed by atoms with Crippen molar-refractivity contribution in [3.05, 3.63) is 118 Å². The zero-order valence-corrected chi connectivity index (χ0v) is 29.5. The molecule has 0 fully saturated rings. The van der Waals surface area contributed by atoms with Crippen LogP contribution in [-0.2, 0) is 32.6 Å². The molecule has 4 aromatic carbocycles. The second kappa shape index (κ2) is 16.7. The quantitative estimate of drug-likeness (QED) is 0.150. The molecule has 0 aromatic heterocycles. The SMILES string of the molecule is CCCNC(=O)C(Cc1ccccc1)N(Cc1ccc(Br)cc1)C(=O)CN(c1ccc(Cl)cc1)S(=O)(=O)c1ccc(OC)c(OC)c1. The molecule has 1 atom stereocenters. The first kappa shape index (κ1) is 35.8. The largest absolute Gasteiger partial charge is 0.493 e. The number of methoxy groups -OCH3 is 2. The first-order valence-corrected chi connectivity index (χ1v) is 17.5. The molecule has 0 bridgehead atoms. The van der Waals surface area contributed by atoms with Crippen LogP contribution in [0.4, 0.5) is 5.69 Å². The lowest BCUT2D eigenvalue weighted by molar-refractivity contribution is -0.140. The monoisotopic (exact) mass is 741 g/mol. The van der Waals surface area contributed by atoms with Gasteiger partial charge in [0, 0.05) is 35.1 Å². The maximum absolute atomic E-state index is 14.5. The number of rotatable bonds is 15. The first-order chi connectivity index (χ1) is 22.6. The van der Waals surface area contributed by atoms with E-state index in [0.29, 0.717) is 23.7 Å². The number of carbonyl (C=O) groups is 2. The number of benzene rings is 4. The summed E-state index contributed by atoms with van der Waals surface area (Å²) in [6.07, 6.45) is 0.931. The highest BCUT2D eigenvalue weighted by atomic mass is 79.9. The zero-order chi connectivity index (χ0) is 34.0. The third kappa shape index (κ3) is 9.27. The number of hydrogen-bond donors (Lipinski definition) is 1. The Morgan fingerprint density at radius 2 is 1.53 bits per heavy atom. The van der Waals surface area contributed by atoms with Gasteiger partial charge in [0.05, 0.1) is 24.8 Å². The predicted molar refractivity (Wildman–Crippen MR) is 187 cm³/mol. The van der Waals surface area contributed by atoms with Gasteiger partial charge in [0.1, 0.15) is 12.6 Å². The Labute approximate surface area is 289 Å². The molecule has 0 aliphatic carbocycles. The molecule has 248 valence electrons. The Hall–Kier alpha value is -4.06. The molecule has 4 aromatic rings. The third-order valence-electron chi connectivity index (χ3n) is 7.42. The topological polar surface area (TPSA) is 105 Å². The van der Waals surface area contributed by atoms with E-state index in [4.69, 9.17) is 21.1 Å². The molecule has 4 rings (SSSR count). The van der Waals surface area contributed by atoms with Gasteiger partial charge in [0.15, 0.2) is 11.5 Å². The fourth-order valence-corrected chi connectivity index (χ4v) is 6.77. The van der Waals surface area contributed by atoms with Crippen LogP contribution in [0, 0.1) is 0 Å². The van der Waals surface area contributed by atoms with Crippen molar-refractivity contribution in [3.63, 3.8) is 0 Å². The maximum atomic E-state index is 14.5. The van der Waals surface area contributed by atoms with Crippen molar-refractivity contribution >= 4 is 55.1 Å². The standard InChI is InChI=1S/C35H37BrClN3O6S/c1-4-20-38-35(42)31(21-25-8-6-5-7-9-25)39(23-26-10-12-27(36)13-11-26)34(41)24-40(29-16-14-28(37)15-17-29)47(43,44)30-18-19-32(45-2)33(22-30)46-3/h5-19,22,31H,4,20-21,23-24H2,1-3H3,(H,38,42). The number of carbonyl (C=O) groups excluding carboxylic acids is 2. The normalized spacial score (nSPS) is 11.8. The zero-order valence-electron chi connectivity index (χ0n) is 26.4. The van der Waals surface area contributed by atoms with Crippen molar-refractivity contribution < 1.29 is 27.5 Å². The number of hydrogen-bond acceptors (Lipinski definition) is 6. The predicted octanol–water partition coefficient (Wildman–Crippen LogP) is 6.48. The highest BCUT2D eigenvalue weighted by molar-refractivity contribution is 9.10. The van der Waals surface area contributed by atoms with Crippen molar-refractivity contribution in [2.45, 2.75) is 37.2 Å². The smallest absolute Gasteiger partial charge is 0.264 e. The van der Waals surface area contributed by atoms with Crippen LogP contribution >= 0.6 is 27.5 Å². The average molecular weight is 743 g/mol. The molecule has 0 saturated carbocycles. The minimum atomic E-state index is -4.35. The van der Waals surface area contributed by atoms with E-state index in [2.05, 4.69) is 21.2 Å². The number of halogens is 2. The lowest BCUT2D eigenvalue weighted by Gasteiger charge is -2.34. The van der Waals surface area contributed by atoms with E-state index >= 15 is 0 Å². The lowest BCUT2D eigenvalue weighted by atomic mass is 10.0. The third-order valence-corrected chi connectivity index (χ3v) is 9.97. The molecule has 0 heterocycles. The fraction of sp³-hybridized carbons (Fsp3) is 0.257. The van der Waals surface area contributed by atoms with E-state index in [9.17, 15) is 18.0 Å². The molecule has 0 aliphatic heterocycles. The lowest BCUT2D eigenvalue weighted by Crippen LogP contribution is -2.53. The molecular formula is C35H37BrClN3O6S. The van der Waals surface area contributed by atoms with Crippen LogP contribution < -0.4 is 19.1 Å². The molecule has 0 aliphatic rings. The van der Waals surface area contributed by atoms with Crippen molar-refractivity contribution in [2.75, 3.05) is 31.6 Å². The van der Waals surface area contributed by atoms with Gasteiger partial charge >= 0.3 is 0 Å². The van der Waals surface area contributed by atoms with Gasteiger partial charge in [-0.3, -0.25) is 13.9 Å². The van der Waals surface area contributed by atoms with E-state index < -0.39 is 28.5 Å². The van der Waals surface area contributed by atoms with E-state index in [1.54, 1.807) is 12.1 Å². The highest BCUT2D eigenvalue weighted by Gasteiger charge is 2.35. The van der Waals surface area contributed by atoms with Gasteiger partial charge in [0.2, 0.25) is 11.8 Å². The van der Waals surface area contributed by atoms with Crippen LogP contribution in [0.5, 0.6) is 11.5 Å². The van der Waals surface area contributed by atoms with Crippen LogP contribution in [0.1, 0.15) is 24.5 Å². The Morgan fingerprint density at radius 3 is 2.15 bits per heavy atom. The van der Waals surface area contributed by atoms with Gasteiger partial charge in [-0.2, -0.15) is 0 Å². The second-order valence-corrected chi connectivity index (χ2v) is 13.9. The highest BCUT2D eigenvalue weighted by Crippen LogP contribution is 2.33. The van der Waals surface area contributed by atoms with Crippen molar-refractivity contribution in [3.8, 4) is 11.5 Å². The van der Waals surface area contributed by atoms with E-state index in [-0.39, 0.29) is 35.2 Å². The second-order valence-electron chi connectivity index (χ2n) is 10.6. The molecule has 9 nitrogen and oxygen atoms in total. The molecule has 1 N–H and O–H groups in total. The van der Waals surface area contributed by atoms with E-state index in [0.717, 1.165) is 19.9 Å². The Kier molecular flexibility index (Phi) is 12.7. The fourth-order valence-electron chi connectivity index (χ4n) is 4.95. The summed E-state index contributed by atoms with van der Waals surface area (Å²) in [4.78, 5) is 29.6. The number of nitrogens with one attached hydrogen (secondary N) is 1. The molecule has 2 amide bonds. The van der Waals surface area contributed by atoms with Crippen molar-refractivity contribution in [1.82, 2.24) is 10.2 Å². The number of sulfonamides is 1. The Morgan fingerprint density at radius 1 is 0.872 bits per heavy atom.